The van der Waals surface area contributed by atoms with E-state index in [2.05, 4.69) is 15.0 Å². The van der Waals surface area contributed by atoms with Crippen LogP contribution in [0.3, 0.4) is 0 Å². The molecule has 1 saturated heterocycles. The predicted molar refractivity (Wildman–Crippen MR) is 90.8 cm³/mol. The van der Waals surface area contributed by atoms with Crippen LogP contribution >= 0.6 is 11.3 Å². The number of nitrogens with zero attached hydrogens (tertiary/aromatic N) is 4. The monoisotopic (exact) mass is 330 g/mol. The fraction of sp³-hybridized carbons (Fsp3) is 0.588. The van der Waals surface area contributed by atoms with Crippen LogP contribution in [0.5, 0.6) is 0 Å². The molecule has 1 fully saturated rings. The zero-order valence-corrected chi connectivity index (χ0v) is 14.3. The summed E-state index contributed by atoms with van der Waals surface area (Å²) in [6.45, 7) is 4.80. The Bertz CT molecular complexity index is 766. The fourth-order valence-corrected chi connectivity index (χ4v) is 4.58. The molecular weight excluding hydrogens is 308 g/mol. The van der Waals surface area contributed by atoms with Crippen LogP contribution in [0.4, 0.5) is 0 Å². The van der Waals surface area contributed by atoms with Crippen molar-refractivity contribution in [1.82, 2.24) is 19.7 Å². The van der Waals surface area contributed by atoms with Crippen molar-refractivity contribution in [2.45, 2.75) is 58.2 Å². The van der Waals surface area contributed by atoms with Gasteiger partial charge in [0.15, 0.2) is 0 Å². The molecule has 122 valence electrons. The van der Waals surface area contributed by atoms with Gasteiger partial charge >= 0.3 is 0 Å². The van der Waals surface area contributed by atoms with E-state index in [1.165, 1.54) is 11.3 Å². The molecule has 0 aromatic carbocycles. The molecule has 0 N–H and O–H groups in total. The summed E-state index contributed by atoms with van der Waals surface area (Å²) < 4.78 is 1.70. The Morgan fingerprint density at radius 1 is 1.35 bits per heavy atom. The summed E-state index contributed by atoms with van der Waals surface area (Å²) in [4.78, 5) is 20.4. The van der Waals surface area contributed by atoms with Crippen molar-refractivity contribution in [3.63, 3.8) is 0 Å². The Labute approximate surface area is 140 Å². The Kier molecular flexibility index (Phi) is 4.03. The van der Waals surface area contributed by atoms with Gasteiger partial charge in [-0.15, -0.1) is 11.3 Å². The maximum Gasteiger partial charge on any atom is 0.267 e. The number of hydrogen-bond donors (Lipinski definition) is 0. The number of thiazole rings is 1. The topological polar surface area (TPSA) is 51.0 Å². The molecule has 0 bridgehead atoms. The van der Waals surface area contributed by atoms with Gasteiger partial charge in [0.05, 0.1) is 17.2 Å². The van der Waals surface area contributed by atoms with Gasteiger partial charge in [-0.25, -0.2) is 9.67 Å². The maximum absolute atomic E-state index is 12.3. The molecule has 2 aromatic rings. The van der Waals surface area contributed by atoms with E-state index in [-0.39, 0.29) is 5.56 Å². The number of fused-ring (bicyclic) bond motifs is 1. The van der Waals surface area contributed by atoms with Gasteiger partial charge in [0.25, 0.3) is 5.56 Å². The van der Waals surface area contributed by atoms with E-state index >= 15 is 0 Å². The molecule has 2 aliphatic rings. The molecule has 6 heteroatoms. The Balaban J connectivity index is 1.50. The van der Waals surface area contributed by atoms with Crippen molar-refractivity contribution in [1.29, 1.82) is 0 Å². The Morgan fingerprint density at radius 2 is 2.26 bits per heavy atom. The zero-order valence-electron chi connectivity index (χ0n) is 13.5. The van der Waals surface area contributed by atoms with Crippen molar-refractivity contribution in [2.24, 2.45) is 0 Å². The largest absolute Gasteiger partial charge is 0.293 e. The SMILES string of the molecule is Cc1ncc(CN2CCCC2Cn2nc3c(cc2=O)CCC3)s1. The van der Waals surface area contributed by atoms with Gasteiger partial charge < -0.3 is 0 Å². The van der Waals surface area contributed by atoms with Gasteiger partial charge in [0, 0.05) is 29.7 Å². The Hall–Kier alpha value is -1.53. The summed E-state index contributed by atoms with van der Waals surface area (Å²) >= 11 is 1.77. The number of hydrogen-bond acceptors (Lipinski definition) is 5. The highest BCUT2D eigenvalue weighted by atomic mass is 32.1. The van der Waals surface area contributed by atoms with Crippen molar-refractivity contribution in [3.05, 3.63) is 43.8 Å². The first kappa shape index (κ1) is 15.0. The van der Waals surface area contributed by atoms with Crippen LogP contribution in [0.2, 0.25) is 0 Å². The number of aromatic nitrogens is 3. The van der Waals surface area contributed by atoms with Crippen LogP contribution in [0, 0.1) is 6.92 Å². The van der Waals surface area contributed by atoms with Gasteiger partial charge in [-0.3, -0.25) is 9.69 Å². The van der Waals surface area contributed by atoms with E-state index < -0.39 is 0 Å². The highest BCUT2D eigenvalue weighted by Gasteiger charge is 2.26. The molecule has 5 nitrogen and oxygen atoms in total. The zero-order chi connectivity index (χ0) is 15.8. The lowest BCUT2D eigenvalue weighted by Gasteiger charge is -2.24. The minimum atomic E-state index is 0.0612. The van der Waals surface area contributed by atoms with Crippen molar-refractivity contribution < 1.29 is 0 Å². The first-order chi connectivity index (χ1) is 11.2. The van der Waals surface area contributed by atoms with Crippen molar-refractivity contribution in [3.8, 4) is 0 Å². The van der Waals surface area contributed by atoms with E-state index in [0.29, 0.717) is 12.6 Å². The van der Waals surface area contributed by atoms with Crippen molar-refractivity contribution >= 4 is 11.3 Å². The molecule has 0 amide bonds. The van der Waals surface area contributed by atoms with Crippen LogP contribution in [0.1, 0.15) is 40.4 Å². The number of aryl methyl sites for hydroxylation is 3. The normalized spacial score (nSPS) is 21.0. The number of likely N-dealkylation sites (tertiary alicyclic amines) is 1. The summed E-state index contributed by atoms with van der Waals surface area (Å²) in [5, 5.41) is 5.75. The van der Waals surface area contributed by atoms with Crippen LogP contribution in [0.25, 0.3) is 0 Å². The molecule has 0 spiro atoms. The summed E-state index contributed by atoms with van der Waals surface area (Å²) in [7, 11) is 0. The maximum atomic E-state index is 12.3. The fourth-order valence-electron chi connectivity index (χ4n) is 3.76. The van der Waals surface area contributed by atoms with E-state index in [4.69, 9.17) is 0 Å². The highest BCUT2D eigenvalue weighted by Crippen LogP contribution is 2.24. The van der Waals surface area contributed by atoms with Gasteiger partial charge in [-0.1, -0.05) is 0 Å². The predicted octanol–water partition coefficient (Wildman–Crippen LogP) is 2.16. The van der Waals surface area contributed by atoms with Crippen LogP contribution in [-0.4, -0.2) is 32.3 Å². The minimum absolute atomic E-state index is 0.0612. The van der Waals surface area contributed by atoms with E-state index in [1.807, 2.05) is 13.1 Å². The third-order valence-corrected chi connectivity index (χ3v) is 5.83. The molecule has 1 atom stereocenters. The summed E-state index contributed by atoms with van der Waals surface area (Å²) in [6.07, 6.45) is 7.48. The Morgan fingerprint density at radius 3 is 3.09 bits per heavy atom. The second-order valence-corrected chi connectivity index (χ2v) is 7.92. The first-order valence-electron chi connectivity index (χ1n) is 8.44. The smallest absolute Gasteiger partial charge is 0.267 e. The average Bonchev–Trinajstić information content (AvgIpc) is 3.23. The third kappa shape index (κ3) is 3.10. The summed E-state index contributed by atoms with van der Waals surface area (Å²) in [6, 6.07) is 2.21. The summed E-state index contributed by atoms with van der Waals surface area (Å²) in [5.74, 6) is 0. The van der Waals surface area contributed by atoms with E-state index in [0.717, 1.165) is 55.0 Å². The minimum Gasteiger partial charge on any atom is -0.293 e. The lowest BCUT2D eigenvalue weighted by molar-refractivity contribution is 0.218. The highest BCUT2D eigenvalue weighted by molar-refractivity contribution is 7.11. The van der Waals surface area contributed by atoms with Crippen LogP contribution < -0.4 is 5.56 Å². The van der Waals surface area contributed by atoms with Crippen LogP contribution in [-0.2, 0) is 25.9 Å². The third-order valence-electron chi connectivity index (χ3n) is 4.93. The van der Waals surface area contributed by atoms with Crippen molar-refractivity contribution in [2.75, 3.05) is 6.54 Å². The van der Waals surface area contributed by atoms with Gasteiger partial charge in [-0.05, 0) is 51.1 Å². The number of rotatable bonds is 4. The molecule has 1 aliphatic heterocycles. The van der Waals surface area contributed by atoms with E-state index in [1.54, 1.807) is 22.1 Å². The van der Waals surface area contributed by atoms with E-state index in [9.17, 15) is 4.79 Å². The van der Waals surface area contributed by atoms with Gasteiger partial charge in [0.1, 0.15) is 0 Å². The van der Waals surface area contributed by atoms with Crippen LogP contribution in [0.15, 0.2) is 17.1 Å². The quantitative estimate of drug-likeness (QED) is 0.862. The molecule has 1 aliphatic carbocycles. The molecule has 2 aromatic heterocycles. The molecule has 3 heterocycles. The molecule has 1 unspecified atom stereocenters. The second kappa shape index (κ2) is 6.17. The molecule has 4 rings (SSSR count). The lowest BCUT2D eigenvalue weighted by Crippen LogP contribution is -2.37. The molecular formula is C17H22N4OS. The molecule has 23 heavy (non-hydrogen) atoms. The second-order valence-electron chi connectivity index (χ2n) is 6.60. The van der Waals surface area contributed by atoms with Gasteiger partial charge in [0.2, 0.25) is 0 Å². The first-order valence-corrected chi connectivity index (χ1v) is 9.26. The van der Waals surface area contributed by atoms with Gasteiger partial charge in [-0.2, -0.15) is 5.10 Å². The molecule has 0 radical (unpaired) electrons. The standard InChI is InChI=1S/C17H22N4OS/c1-12-18-9-15(23-12)11-20-7-3-5-14(20)10-21-17(22)8-13-4-2-6-16(13)19-21/h8-9,14H,2-7,10-11H2,1H3. The molecule has 0 saturated carbocycles. The lowest BCUT2D eigenvalue weighted by atomic mass is 10.2. The average molecular weight is 330 g/mol. The summed E-state index contributed by atoms with van der Waals surface area (Å²) in [5.41, 5.74) is 2.35.